The van der Waals surface area contributed by atoms with E-state index in [1.165, 1.54) is 0 Å². The molecule has 0 atom stereocenters. The van der Waals surface area contributed by atoms with Gasteiger partial charge in [0.2, 0.25) is 0 Å². The van der Waals surface area contributed by atoms with Gasteiger partial charge in [0, 0.05) is 30.9 Å². The highest BCUT2D eigenvalue weighted by atomic mass is 16.1. The van der Waals surface area contributed by atoms with Crippen LogP contribution in [-0.4, -0.2) is 22.0 Å². The lowest BCUT2D eigenvalue weighted by molar-refractivity contribution is 0.0946. The number of aromatic nitrogens is 2. The van der Waals surface area contributed by atoms with Crippen LogP contribution in [-0.2, 0) is 13.5 Å². The molecule has 4 heteroatoms. The highest BCUT2D eigenvalue weighted by molar-refractivity contribution is 5.93. The summed E-state index contributed by atoms with van der Waals surface area (Å²) >= 11 is 0. The minimum absolute atomic E-state index is 0.0382. The molecular weight excluding hydrogens is 274 g/mol. The lowest BCUT2D eigenvalue weighted by Gasteiger charge is -2.08. The second-order valence-corrected chi connectivity index (χ2v) is 5.42. The molecule has 2 aromatic heterocycles. The maximum Gasteiger partial charge on any atom is 0.267 e. The molecule has 112 valence electrons. The molecule has 3 rings (SSSR count). The van der Waals surface area contributed by atoms with Crippen molar-refractivity contribution in [2.45, 2.75) is 13.3 Å². The molecule has 22 heavy (non-hydrogen) atoms. The molecule has 4 nitrogen and oxygen atoms in total. The molecule has 1 N–H and O–H groups in total. The SMILES string of the molecule is Cc1ccc(C(=O)NCCc2cccc3cccnc23)n1C. The van der Waals surface area contributed by atoms with Crippen molar-refractivity contribution in [3.05, 3.63) is 65.6 Å². The van der Waals surface area contributed by atoms with Gasteiger partial charge in [0.25, 0.3) is 5.91 Å². The zero-order chi connectivity index (χ0) is 15.5. The summed E-state index contributed by atoms with van der Waals surface area (Å²) in [5, 5.41) is 4.11. The van der Waals surface area contributed by atoms with Gasteiger partial charge in [-0.1, -0.05) is 24.3 Å². The van der Waals surface area contributed by atoms with Gasteiger partial charge >= 0.3 is 0 Å². The summed E-state index contributed by atoms with van der Waals surface area (Å²) in [6, 6.07) is 13.9. The Balaban J connectivity index is 1.68. The van der Waals surface area contributed by atoms with Crippen molar-refractivity contribution >= 4 is 16.8 Å². The van der Waals surface area contributed by atoms with Crippen molar-refractivity contribution in [2.75, 3.05) is 6.54 Å². The molecule has 1 amide bonds. The molecule has 0 fully saturated rings. The normalized spacial score (nSPS) is 10.8. The van der Waals surface area contributed by atoms with E-state index in [0.717, 1.165) is 28.6 Å². The average molecular weight is 293 g/mol. The fraction of sp³-hybridized carbons (Fsp3) is 0.222. The van der Waals surface area contributed by atoms with Crippen LogP contribution in [0.4, 0.5) is 0 Å². The van der Waals surface area contributed by atoms with Gasteiger partial charge in [-0.3, -0.25) is 9.78 Å². The summed E-state index contributed by atoms with van der Waals surface area (Å²) in [5.74, 6) is -0.0382. The van der Waals surface area contributed by atoms with Crippen LogP contribution >= 0.6 is 0 Å². The van der Waals surface area contributed by atoms with Crippen LogP contribution in [0.2, 0.25) is 0 Å². The number of nitrogens with one attached hydrogen (secondary N) is 1. The van der Waals surface area contributed by atoms with Gasteiger partial charge in [-0.2, -0.15) is 0 Å². The van der Waals surface area contributed by atoms with Crippen LogP contribution in [0.5, 0.6) is 0 Å². The Bertz CT molecular complexity index is 815. The predicted molar refractivity (Wildman–Crippen MR) is 87.9 cm³/mol. The monoisotopic (exact) mass is 293 g/mol. The minimum Gasteiger partial charge on any atom is -0.350 e. The van der Waals surface area contributed by atoms with Gasteiger partial charge in [0.1, 0.15) is 5.69 Å². The fourth-order valence-corrected chi connectivity index (χ4v) is 2.61. The lowest BCUT2D eigenvalue weighted by atomic mass is 10.1. The minimum atomic E-state index is -0.0382. The van der Waals surface area contributed by atoms with Crippen LogP contribution in [0.1, 0.15) is 21.7 Å². The van der Waals surface area contributed by atoms with Gasteiger partial charge in [-0.05, 0) is 37.1 Å². The van der Waals surface area contributed by atoms with E-state index in [0.29, 0.717) is 12.2 Å². The van der Waals surface area contributed by atoms with Gasteiger partial charge in [0.05, 0.1) is 5.52 Å². The first kappa shape index (κ1) is 14.3. The summed E-state index contributed by atoms with van der Waals surface area (Å²) in [6.45, 7) is 2.58. The van der Waals surface area contributed by atoms with E-state index in [1.54, 1.807) is 6.20 Å². The molecule has 1 aromatic carbocycles. The number of carbonyl (C=O) groups is 1. The highest BCUT2D eigenvalue weighted by Gasteiger charge is 2.10. The molecule has 0 spiro atoms. The number of aryl methyl sites for hydroxylation is 1. The Morgan fingerprint density at radius 1 is 1.18 bits per heavy atom. The molecule has 0 unspecified atom stereocenters. The number of rotatable bonds is 4. The number of benzene rings is 1. The third kappa shape index (κ3) is 2.72. The Hall–Kier alpha value is -2.62. The zero-order valence-corrected chi connectivity index (χ0v) is 12.8. The Labute approximate surface area is 129 Å². The largest absolute Gasteiger partial charge is 0.350 e. The zero-order valence-electron chi connectivity index (χ0n) is 12.8. The lowest BCUT2D eigenvalue weighted by Crippen LogP contribution is -2.27. The molecule has 0 aliphatic carbocycles. The number of amides is 1. The molecule has 0 bridgehead atoms. The third-order valence-corrected chi connectivity index (χ3v) is 4.00. The van der Waals surface area contributed by atoms with Crippen molar-refractivity contribution in [1.82, 2.24) is 14.9 Å². The smallest absolute Gasteiger partial charge is 0.267 e. The van der Waals surface area contributed by atoms with Crippen LogP contribution in [0, 0.1) is 6.92 Å². The van der Waals surface area contributed by atoms with Gasteiger partial charge in [-0.25, -0.2) is 0 Å². The number of para-hydroxylation sites is 1. The highest BCUT2D eigenvalue weighted by Crippen LogP contribution is 2.16. The summed E-state index contributed by atoms with van der Waals surface area (Å²) < 4.78 is 1.90. The third-order valence-electron chi connectivity index (χ3n) is 4.00. The van der Waals surface area contributed by atoms with Crippen LogP contribution < -0.4 is 5.32 Å². The molecule has 0 saturated carbocycles. The van der Waals surface area contributed by atoms with Crippen molar-refractivity contribution in [2.24, 2.45) is 7.05 Å². The van der Waals surface area contributed by atoms with E-state index in [4.69, 9.17) is 0 Å². The Morgan fingerprint density at radius 3 is 2.77 bits per heavy atom. The standard InChI is InChI=1S/C18H19N3O/c1-13-8-9-16(21(13)2)18(22)20-12-10-15-6-3-5-14-7-4-11-19-17(14)15/h3-9,11H,10,12H2,1-2H3,(H,20,22). The van der Waals surface area contributed by atoms with E-state index >= 15 is 0 Å². The van der Waals surface area contributed by atoms with E-state index in [-0.39, 0.29) is 5.91 Å². The van der Waals surface area contributed by atoms with E-state index in [9.17, 15) is 4.79 Å². The van der Waals surface area contributed by atoms with Gasteiger partial charge in [0.15, 0.2) is 0 Å². The number of carbonyl (C=O) groups excluding carboxylic acids is 1. The first-order chi connectivity index (χ1) is 10.7. The van der Waals surface area contributed by atoms with Gasteiger partial charge in [-0.15, -0.1) is 0 Å². The molecule has 2 heterocycles. The number of hydrogen-bond acceptors (Lipinski definition) is 2. The number of pyridine rings is 1. The van der Waals surface area contributed by atoms with Crippen LogP contribution in [0.15, 0.2) is 48.7 Å². The topological polar surface area (TPSA) is 46.9 Å². The maximum atomic E-state index is 12.2. The summed E-state index contributed by atoms with van der Waals surface area (Å²) in [4.78, 5) is 16.6. The quantitative estimate of drug-likeness (QED) is 0.804. The summed E-state index contributed by atoms with van der Waals surface area (Å²) in [5.41, 5.74) is 3.92. The van der Waals surface area contributed by atoms with Crippen LogP contribution in [0.3, 0.4) is 0 Å². The van der Waals surface area contributed by atoms with Crippen molar-refractivity contribution < 1.29 is 4.79 Å². The first-order valence-corrected chi connectivity index (χ1v) is 7.40. The molecule has 0 aliphatic rings. The first-order valence-electron chi connectivity index (χ1n) is 7.40. The second kappa shape index (κ2) is 6.02. The summed E-state index contributed by atoms with van der Waals surface area (Å²) in [6.07, 6.45) is 2.57. The molecule has 0 radical (unpaired) electrons. The predicted octanol–water partition coefficient (Wildman–Crippen LogP) is 2.85. The molecule has 0 aliphatic heterocycles. The van der Waals surface area contributed by atoms with Crippen LogP contribution in [0.25, 0.3) is 10.9 Å². The molecular formula is C18H19N3O. The Morgan fingerprint density at radius 2 is 2.00 bits per heavy atom. The Kier molecular flexibility index (Phi) is 3.92. The molecule has 0 saturated heterocycles. The van der Waals surface area contributed by atoms with E-state index < -0.39 is 0 Å². The van der Waals surface area contributed by atoms with Crippen molar-refractivity contribution in [3.63, 3.8) is 0 Å². The number of hydrogen-bond donors (Lipinski definition) is 1. The maximum absolute atomic E-state index is 12.2. The summed E-state index contributed by atoms with van der Waals surface area (Å²) in [7, 11) is 1.90. The molecule has 3 aromatic rings. The van der Waals surface area contributed by atoms with E-state index in [2.05, 4.69) is 28.5 Å². The average Bonchev–Trinajstić information content (AvgIpc) is 2.87. The van der Waals surface area contributed by atoms with Crippen molar-refractivity contribution in [1.29, 1.82) is 0 Å². The fourth-order valence-electron chi connectivity index (χ4n) is 2.61. The van der Waals surface area contributed by atoms with Crippen molar-refractivity contribution in [3.8, 4) is 0 Å². The second-order valence-electron chi connectivity index (χ2n) is 5.42. The van der Waals surface area contributed by atoms with Gasteiger partial charge < -0.3 is 9.88 Å². The van der Waals surface area contributed by atoms with E-state index in [1.807, 2.05) is 42.8 Å². The number of fused-ring (bicyclic) bond motifs is 1. The number of nitrogens with zero attached hydrogens (tertiary/aromatic N) is 2.